The Hall–Kier alpha value is -3.32. The monoisotopic (exact) mass is 528 g/mol. The van der Waals surface area contributed by atoms with Crippen LogP contribution in [-0.2, 0) is 4.79 Å². The summed E-state index contributed by atoms with van der Waals surface area (Å²) in [6.45, 7) is 9.11. The number of hydrogen-bond donors (Lipinski definition) is 0. The number of aryl methyl sites for hydroxylation is 1. The van der Waals surface area contributed by atoms with Crippen LogP contribution in [-0.4, -0.2) is 45.5 Å². The van der Waals surface area contributed by atoms with Crippen molar-refractivity contribution in [3.05, 3.63) is 70.8 Å². The molecule has 198 valence electrons. The average Bonchev–Trinajstić information content (AvgIpc) is 3.37. The average molecular weight is 529 g/mol. The van der Waals surface area contributed by atoms with Gasteiger partial charge >= 0.3 is 0 Å². The molecular formula is C31H36N4O2S. The number of amides is 1. The van der Waals surface area contributed by atoms with Crippen LogP contribution < -0.4 is 4.74 Å². The highest BCUT2D eigenvalue weighted by molar-refractivity contribution is 8.18. The van der Waals surface area contributed by atoms with Crippen LogP contribution in [0.2, 0.25) is 0 Å². The lowest BCUT2D eigenvalue weighted by molar-refractivity contribution is -0.113. The van der Waals surface area contributed by atoms with Crippen LogP contribution in [0.25, 0.3) is 23.0 Å². The molecule has 0 bridgehead atoms. The van der Waals surface area contributed by atoms with Gasteiger partial charge in [0.15, 0.2) is 5.17 Å². The molecule has 0 radical (unpaired) electrons. The van der Waals surface area contributed by atoms with E-state index in [1.54, 1.807) is 0 Å². The first kappa shape index (κ1) is 26.3. The lowest BCUT2D eigenvalue weighted by atomic mass is 10.0. The number of thioether (sulfide) groups is 1. The summed E-state index contributed by atoms with van der Waals surface area (Å²) in [6, 6.07) is 16.3. The molecule has 0 N–H and O–H groups in total. The van der Waals surface area contributed by atoms with Crippen molar-refractivity contribution in [1.82, 2.24) is 14.7 Å². The molecule has 3 heterocycles. The van der Waals surface area contributed by atoms with Crippen molar-refractivity contribution in [2.24, 2.45) is 10.9 Å². The van der Waals surface area contributed by atoms with Crippen molar-refractivity contribution >= 4 is 28.9 Å². The first-order valence-electron chi connectivity index (χ1n) is 13.6. The van der Waals surface area contributed by atoms with Gasteiger partial charge in [0.2, 0.25) is 0 Å². The van der Waals surface area contributed by atoms with E-state index in [0.29, 0.717) is 17.4 Å². The van der Waals surface area contributed by atoms with Gasteiger partial charge in [0.1, 0.15) is 11.4 Å². The Morgan fingerprint density at radius 2 is 1.82 bits per heavy atom. The van der Waals surface area contributed by atoms with Crippen LogP contribution in [0.15, 0.2) is 64.6 Å². The highest BCUT2D eigenvalue weighted by atomic mass is 32.2. The SMILES string of the molecule is Cc1cc(-c2nn(-c3ccccc3)cc2/C=C2\SC(N3CCCCCC3)=NC2=O)ccc1OCCC(C)C. The maximum atomic E-state index is 12.9. The van der Waals surface area contributed by atoms with Gasteiger partial charge in [0.25, 0.3) is 5.91 Å². The maximum Gasteiger partial charge on any atom is 0.286 e. The fourth-order valence-electron chi connectivity index (χ4n) is 4.73. The van der Waals surface area contributed by atoms with E-state index in [4.69, 9.17) is 9.84 Å². The van der Waals surface area contributed by atoms with E-state index in [1.165, 1.54) is 24.6 Å². The second kappa shape index (κ2) is 12.0. The van der Waals surface area contributed by atoms with Crippen molar-refractivity contribution < 1.29 is 9.53 Å². The Labute approximate surface area is 229 Å². The van der Waals surface area contributed by atoms with Gasteiger partial charge in [-0.15, -0.1) is 0 Å². The molecule has 2 aromatic carbocycles. The third-order valence-corrected chi connectivity index (χ3v) is 7.98. The molecule has 0 saturated carbocycles. The van der Waals surface area contributed by atoms with Crippen molar-refractivity contribution in [2.45, 2.75) is 52.9 Å². The number of hydrogen-bond acceptors (Lipinski definition) is 5. The van der Waals surface area contributed by atoms with Crippen LogP contribution >= 0.6 is 11.8 Å². The van der Waals surface area contributed by atoms with E-state index in [0.717, 1.165) is 71.3 Å². The van der Waals surface area contributed by atoms with Crippen LogP contribution in [0.3, 0.4) is 0 Å². The first-order valence-corrected chi connectivity index (χ1v) is 14.5. The molecule has 0 spiro atoms. The standard InChI is InChI=1S/C31H36N4O2S/c1-22(2)15-18-37-27-14-13-24(19-23(27)3)29-25(21-35(33-29)26-11-7-6-8-12-26)20-28-30(36)32-31(38-28)34-16-9-4-5-10-17-34/h6-8,11-14,19-22H,4-5,9-10,15-18H2,1-3H3/b28-20-. The molecular weight excluding hydrogens is 492 g/mol. The van der Waals surface area contributed by atoms with Gasteiger partial charge in [0, 0.05) is 30.4 Å². The molecule has 1 amide bonds. The molecule has 2 aliphatic heterocycles. The molecule has 1 saturated heterocycles. The van der Waals surface area contributed by atoms with E-state index in [2.05, 4.69) is 42.8 Å². The second-order valence-electron chi connectivity index (χ2n) is 10.4. The smallest absolute Gasteiger partial charge is 0.286 e. The Morgan fingerprint density at radius 1 is 1.05 bits per heavy atom. The molecule has 38 heavy (non-hydrogen) atoms. The van der Waals surface area contributed by atoms with Gasteiger partial charge in [-0.05, 0) is 85.8 Å². The van der Waals surface area contributed by atoms with Crippen LogP contribution in [0, 0.1) is 12.8 Å². The van der Waals surface area contributed by atoms with E-state index in [-0.39, 0.29) is 5.91 Å². The number of aromatic nitrogens is 2. The molecule has 1 aromatic heterocycles. The summed E-state index contributed by atoms with van der Waals surface area (Å²) in [7, 11) is 0. The Morgan fingerprint density at radius 3 is 2.53 bits per heavy atom. The summed E-state index contributed by atoms with van der Waals surface area (Å²) in [5, 5.41) is 5.79. The lowest BCUT2D eigenvalue weighted by Crippen LogP contribution is -2.28. The summed E-state index contributed by atoms with van der Waals surface area (Å²) >= 11 is 1.49. The number of likely N-dealkylation sites (tertiary alicyclic amines) is 1. The van der Waals surface area contributed by atoms with E-state index < -0.39 is 0 Å². The predicted molar refractivity (Wildman–Crippen MR) is 157 cm³/mol. The zero-order valence-electron chi connectivity index (χ0n) is 22.5. The highest BCUT2D eigenvalue weighted by Crippen LogP contribution is 2.35. The molecule has 5 rings (SSSR count). The molecule has 1 fully saturated rings. The van der Waals surface area contributed by atoms with Crippen molar-refractivity contribution in [1.29, 1.82) is 0 Å². The van der Waals surface area contributed by atoms with Gasteiger partial charge in [-0.2, -0.15) is 10.1 Å². The summed E-state index contributed by atoms with van der Waals surface area (Å²) < 4.78 is 7.92. The number of benzene rings is 2. The number of carbonyl (C=O) groups is 1. The highest BCUT2D eigenvalue weighted by Gasteiger charge is 2.27. The minimum atomic E-state index is -0.169. The van der Waals surface area contributed by atoms with E-state index in [1.807, 2.05) is 53.4 Å². The van der Waals surface area contributed by atoms with Gasteiger partial charge < -0.3 is 9.64 Å². The van der Waals surface area contributed by atoms with Crippen LogP contribution in [0.4, 0.5) is 0 Å². The second-order valence-corrected chi connectivity index (χ2v) is 11.4. The van der Waals surface area contributed by atoms with Crippen molar-refractivity contribution in [2.75, 3.05) is 19.7 Å². The first-order chi connectivity index (χ1) is 18.5. The largest absolute Gasteiger partial charge is 0.493 e. The quantitative estimate of drug-likeness (QED) is 0.306. The van der Waals surface area contributed by atoms with Crippen molar-refractivity contribution in [3.8, 4) is 22.7 Å². The zero-order valence-corrected chi connectivity index (χ0v) is 23.3. The van der Waals surface area contributed by atoms with Gasteiger partial charge in [-0.1, -0.05) is 44.9 Å². The topological polar surface area (TPSA) is 59.7 Å². The minimum Gasteiger partial charge on any atom is -0.493 e. The number of rotatable bonds is 7. The third kappa shape index (κ3) is 6.21. The molecule has 0 aliphatic carbocycles. The van der Waals surface area contributed by atoms with E-state index >= 15 is 0 Å². The van der Waals surface area contributed by atoms with Crippen molar-refractivity contribution in [3.63, 3.8) is 0 Å². The summed E-state index contributed by atoms with van der Waals surface area (Å²) in [5.41, 5.74) is 4.75. The summed E-state index contributed by atoms with van der Waals surface area (Å²) in [4.78, 5) is 20.3. The number of nitrogens with zero attached hydrogens (tertiary/aromatic N) is 4. The lowest BCUT2D eigenvalue weighted by Gasteiger charge is -2.20. The molecule has 6 nitrogen and oxygen atoms in total. The molecule has 0 unspecified atom stereocenters. The Kier molecular flexibility index (Phi) is 8.32. The number of carbonyl (C=O) groups excluding carboxylic acids is 1. The zero-order chi connectivity index (χ0) is 26.5. The fraction of sp³-hybridized carbons (Fsp3) is 0.387. The predicted octanol–water partition coefficient (Wildman–Crippen LogP) is 7.12. The third-order valence-electron chi connectivity index (χ3n) is 6.94. The van der Waals surface area contributed by atoms with Crippen LogP contribution in [0.5, 0.6) is 5.75 Å². The molecule has 0 atom stereocenters. The molecule has 2 aliphatic rings. The minimum absolute atomic E-state index is 0.169. The van der Waals surface area contributed by atoms with Gasteiger partial charge in [0.05, 0.1) is 17.2 Å². The summed E-state index contributed by atoms with van der Waals surface area (Å²) in [5.74, 6) is 1.33. The van der Waals surface area contributed by atoms with E-state index in [9.17, 15) is 4.79 Å². The number of para-hydroxylation sites is 1. The number of ether oxygens (including phenoxy) is 1. The van der Waals surface area contributed by atoms with Gasteiger partial charge in [-0.3, -0.25) is 4.79 Å². The molecule has 3 aromatic rings. The molecule has 7 heteroatoms. The fourth-order valence-corrected chi connectivity index (χ4v) is 5.69. The number of aliphatic imine (C=N–C) groups is 1. The maximum absolute atomic E-state index is 12.9. The number of amidine groups is 1. The normalized spacial score (nSPS) is 17.3. The Balaban J connectivity index is 1.45. The van der Waals surface area contributed by atoms with Gasteiger partial charge in [-0.25, -0.2) is 4.68 Å². The summed E-state index contributed by atoms with van der Waals surface area (Å²) in [6.07, 6.45) is 9.76. The Bertz CT molecular complexity index is 1340. The van der Waals surface area contributed by atoms with Crippen LogP contribution in [0.1, 0.15) is 57.1 Å².